The first-order valence-electron chi connectivity index (χ1n) is 12.8. The van der Waals surface area contributed by atoms with E-state index >= 15 is 0 Å². The van der Waals surface area contributed by atoms with E-state index < -0.39 is 0 Å². The highest BCUT2D eigenvalue weighted by molar-refractivity contribution is 5.95. The number of anilines is 4. The highest BCUT2D eigenvalue weighted by Gasteiger charge is 2.27. The average molecular weight is 479 g/mol. The number of aromatic nitrogens is 4. The van der Waals surface area contributed by atoms with Crippen LogP contribution in [0, 0.1) is 0 Å². The summed E-state index contributed by atoms with van der Waals surface area (Å²) in [6.07, 6.45) is 6.62. The third-order valence-corrected chi connectivity index (χ3v) is 6.24. The molecule has 4 rings (SSSR count). The Morgan fingerprint density at radius 2 is 1.15 bits per heavy atom. The highest BCUT2D eigenvalue weighted by Crippen LogP contribution is 2.34. The van der Waals surface area contributed by atoms with Crippen molar-refractivity contribution in [3.05, 3.63) is 0 Å². The lowest BCUT2D eigenvalue weighted by Crippen LogP contribution is -2.35. The number of ether oxygens (including phenoxy) is 2. The Morgan fingerprint density at radius 3 is 1.56 bits per heavy atom. The minimum atomic E-state index is -0.142. The summed E-state index contributed by atoms with van der Waals surface area (Å²) in [5.41, 5.74) is 1.28. The van der Waals surface area contributed by atoms with E-state index in [1.807, 2.05) is 4.90 Å². The fourth-order valence-corrected chi connectivity index (χ4v) is 4.52. The first-order valence-corrected chi connectivity index (χ1v) is 11.9. The Kier molecular flexibility index (Phi) is 7.58. The molecule has 0 aliphatic carbocycles. The minimum Gasteiger partial charge on any atom is -0.376 e. The Hall–Kier alpha value is -2.54. The molecule has 4 heterocycles. The molecule has 0 saturated carbocycles. The van der Waals surface area contributed by atoms with Crippen molar-refractivity contribution < 1.29 is 19.7 Å². The van der Waals surface area contributed by atoms with Gasteiger partial charge in [-0.25, -0.2) is 9.97 Å². The molecule has 2 aromatic heterocycles. The van der Waals surface area contributed by atoms with E-state index in [2.05, 4.69) is 20.0 Å². The summed E-state index contributed by atoms with van der Waals surface area (Å²) in [6.45, 7) is 3.70. The van der Waals surface area contributed by atoms with Gasteiger partial charge in [0.25, 0.3) is 0 Å². The van der Waals surface area contributed by atoms with Crippen molar-refractivity contribution in [2.24, 2.45) is 0 Å². The van der Waals surface area contributed by atoms with Crippen LogP contribution in [0.2, 0.25) is 0 Å². The van der Waals surface area contributed by atoms with Gasteiger partial charge >= 0.3 is 0 Å². The van der Waals surface area contributed by atoms with Gasteiger partial charge in [-0.05, 0) is 38.5 Å². The molecular formula is C22H36N8O4. The molecule has 2 fully saturated rings. The number of nitrogens with zero attached hydrogens (tertiary/aromatic N) is 8. The Labute approximate surface area is 203 Å². The molecule has 2 aliphatic rings. The molecule has 12 heteroatoms. The van der Waals surface area contributed by atoms with Crippen molar-refractivity contribution in [1.82, 2.24) is 19.9 Å². The number of methoxy groups -OCH3 is 2. The van der Waals surface area contributed by atoms with Crippen LogP contribution in [-0.4, -0.2) is 100 Å². The second kappa shape index (κ2) is 11.7. The first-order chi connectivity index (χ1) is 17.7. The van der Waals surface area contributed by atoms with Gasteiger partial charge in [0.1, 0.15) is 38.0 Å². The molecule has 0 spiro atoms. The lowest BCUT2D eigenvalue weighted by molar-refractivity contribution is 0.139. The molecular weight excluding hydrogens is 440 g/mol. The molecule has 0 atom stereocenters. The molecule has 0 bridgehead atoms. The number of rotatable bonds is 12. The van der Waals surface area contributed by atoms with Gasteiger partial charge in [0.15, 0.2) is 11.6 Å². The summed E-state index contributed by atoms with van der Waals surface area (Å²) in [7, 11) is 3.25. The zero-order valence-corrected chi connectivity index (χ0v) is 20.1. The van der Waals surface area contributed by atoms with Gasteiger partial charge in [-0.1, -0.05) is 0 Å². The molecule has 34 heavy (non-hydrogen) atoms. The summed E-state index contributed by atoms with van der Waals surface area (Å²) in [5, 5.41) is 9.20. The van der Waals surface area contributed by atoms with Crippen molar-refractivity contribution in [3.63, 3.8) is 0 Å². The van der Waals surface area contributed by atoms with Crippen LogP contribution in [0.4, 0.5) is 23.5 Å². The standard InChI is InChI=1S/C22H36N8O4/c1-33-15-30(16-34-2)22-24-18-17(20(26-22)28-11-7-4-8-12-28)23-21(29(13-31)14-32)25-19(18)27-9-5-3-6-10-27/h31-32H,3-16H2,1-2H3/i31D,32D. The zero-order valence-electron chi connectivity index (χ0n) is 22.1. The van der Waals surface area contributed by atoms with Gasteiger partial charge in [-0.3, -0.25) is 9.80 Å². The Balaban J connectivity index is 1.94. The molecule has 0 aromatic carbocycles. The molecule has 12 nitrogen and oxygen atoms in total. The van der Waals surface area contributed by atoms with Crippen molar-refractivity contribution >= 4 is 34.6 Å². The Morgan fingerprint density at radius 1 is 0.706 bits per heavy atom. The van der Waals surface area contributed by atoms with E-state index in [0.717, 1.165) is 57.7 Å². The summed E-state index contributed by atoms with van der Waals surface area (Å²) in [6, 6.07) is 0. The van der Waals surface area contributed by atoms with Gasteiger partial charge in [0.05, 0.1) is 0 Å². The number of aliphatic hydroxyl groups excluding tert-OH is 2. The fourth-order valence-electron chi connectivity index (χ4n) is 4.52. The van der Waals surface area contributed by atoms with Crippen LogP contribution in [0.25, 0.3) is 11.0 Å². The zero-order chi connectivity index (χ0) is 25.3. The quantitative estimate of drug-likeness (QED) is 0.425. The second-order valence-electron chi connectivity index (χ2n) is 8.66. The normalized spacial score (nSPS) is 17.6. The number of piperidine rings is 2. The topological polar surface area (TPSA) is 123 Å². The van der Waals surface area contributed by atoms with Gasteiger partial charge < -0.3 is 29.5 Å². The lowest BCUT2D eigenvalue weighted by atomic mass is 10.1. The van der Waals surface area contributed by atoms with Crippen LogP contribution in [-0.2, 0) is 9.47 Å². The monoisotopic (exact) mass is 478 g/mol. The summed E-state index contributed by atoms with van der Waals surface area (Å²) in [4.78, 5) is 27.4. The summed E-state index contributed by atoms with van der Waals surface area (Å²) >= 11 is 0. The van der Waals surface area contributed by atoms with Crippen LogP contribution < -0.4 is 19.6 Å². The van der Waals surface area contributed by atoms with E-state index in [4.69, 9.17) is 32.3 Å². The van der Waals surface area contributed by atoms with E-state index in [-0.39, 0.29) is 26.9 Å². The lowest BCUT2D eigenvalue weighted by Gasteiger charge is -2.32. The minimum absolute atomic E-state index is 0.142. The van der Waals surface area contributed by atoms with Crippen LogP contribution in [0.5, 0.6) is 0 Å². The SMILES string of the molecule is [2H]OCN(CO[2H])c1nc(N2CCCCC2)c2nc(N(COC)COC)nc(N3CCCCC3)c2n1. The molecule has 2 aromatic rings. The van der Waals surface area contributed by atoms with Crippen molar-refractivity contribution in [2.75, 3.05) is 86.9 Å². The van der Waals surface area contributed by atoms with Crippen LogP contribution >= 0.6 is 0 Å². The molecule has 0 radical (unpaired) electrons. The number of hydrogen-bond acceptors (Lipinski definition) is 12. The maximum atomic E-state index is 7.24. The predicted octanol–water partition coefficient (Wildman–Crippen LogP) is 1.12. The summed E-state index contributed by atoms with van der Waals surface area (Å²) < 4.78 is 25.3. The van der Waals surface area contributed by atoms with Crippen molar-refractivity contribution in [1.29, 1.82) is 2.86 Å². The molecule has 2 aliphatic heterocycles. The number of fused-ring (bicyclic) bond motifs is 1. The summed E-state index contributed by atoms with van der Waals surface area (Å²) in [5.74, 6) is 2.23. The first kappa shape index (κ1) is 22.0. The van der Waals surface area contributed by atoms with Crippen LogP contribution in [0.1, 0.15) is 38.5 Å². The molecule has 188 valence electrons. The maximum Gasteiger partial charge on any atom is 0.231 e. The third kappa shape index (κ3) is 5.24. The van der Waals surface area contributed by atoms with E-state index in [1.165, 1.54) is 17.7 Å². The van der Waals surface area contributed by atoms with E-state index in [1.54, 1.807) is 14.2 Å². The highest BCUT2D eigenvalue weighted by atomic mass is 16.5. The Bertz CT molecular complexity index is 889. The average Bonchev–Trinajstić information content (AvgIpc) is 2.92. The molecule has 2 N–H and O–H groups in total. The van der Waals surface area contributed by atoms with E-state index in [0.29, 0.717) is 28.7 Å². The number of hydrogen-bond donors (Lipinski definition) is 2. The van der Waals surface area contributed by atoms with E-state index in [9.17, 15) is 0 Å². The third-order valence-electron chi connectivity index (χ3n) is 6.24. The van der Waals surface area contributed by atoms with Gasteiger partial charge in [0, 0.05) is 40.4 Å². The van der Waals surface area contributed by atoms with Gasteiger partial charge in [-0.2, -0.15) is 9.97 Å². The second-order valence-corrected chi connectivity index (χ2v) is 8.66. The maximum absolute atomic E-state index is 7.24. The van der Waals surface area contributed by atoms with Crippen LogP contribution in [0.3, 0.4) is 0 Å². The molecule has 0 amide bonds. The van der Waals surface area contributed by atoms with Crippen molar-refractivity contribution in [3.8, 4) is 0 Å². The van der Waals surface area contributed by atoms with Gasteiger partial charge in [0.2, 0.25) is 14.8 Å². The predicted molar refractivity (Wildman–Crippen MR) is 130 cm³/mol. The smallest absolute Gasteiger partial charge is 0.231 e. The van der Waals surface area contributed by atoms with Gasteiger partial charge in [-0.15, -0.1) is 0 Å². The molecule has 2 saturated heterocycles. The van der Waals surface area contributed by atoms with Crippen molar-refractivity contribution in [2.45, 2.75) is 38.5 Å². The fraction of sp³-hybridized carbons (Fsp3) is 0.727. The largest absolute Gasteiger partial charge is 0.376 e. The number of aliphatic hydroxyl groups is 2. The molecule has 0 unspecified atom stereocenters. The van der Waals surface area contributed by atoms with Crippen LogP contribution in [0.15, 0.2) is 0 Å².